The molecule has 0 radical (unpaired) electrons. The first-order chi connectivity index (χ1) is 17.9. The van der Waals surface area contributed by atoms with E-state index in [0.717, 1.165) is 43.2 Å². The normalized spacial score (nSPS) is 26.6. The van der Waals surface area contributed by atoms with Crippen LogP contribution in [-0.2, 0) is 14.4 Å². The monoisotopic (exact) mass is 520 g/mol. The highest BCUT2D eigenvalue weighted by Crippen LogP contribution is 2.53. The van der Waals surface area contributed by atoms with Crippen molar-refractivity contribution in [1.82, 2.24) is 9.80 Å². The van der Waals surface area contributed by atoms with Crippen LogP contribution in [-0.4, -0.2) is 44.5 Å². The van der Waals surface area contributed by atoms with Gasteiger partial charge in [0.15, 0.2) is 0 Å². The first-order valence-corrected chi connectivity index (χ1v) is 12.9. The van der Waals surface area contributed by atoms with Gasteiger partial charge in [0, 0.05) is 24.0 Å². The largest absolute Gasteiger partial charge is 0.357 e. The van der Waals surface area contributed by atoms with E-state index < -0.39 is 34.7 Å². The molecule has 3 aliphatic heterocycles. The van der Waals surface area contributed by atoms with E-state index in [2.05, 4.69) is 5.32 Å². The Bertz CT molecular complexity index is 1350. The number of hydrogen-bond donors (Lipinski definition) is 1. The smallest absolute Gasteiger partial charge is 0.289 e. The number of fused-ring (bicyclic) bond motifs is 5. The van der Waals surface area contributed by atoms with Crippen LogP contribution < -0.4 is 5.32 Å². The van der Waals surface area contributed by atoms with Gasteiger partial charge in [-0.15, -0.1) is 0 Å². The minimum absolute atomic E-state index is 0.0424. The first-order valence-electron chi connectivity index (χ1n) is 12.5. The average Bonchev–Trinajstić information content (AvgIpc) is 3.38. The number of anilines is 1. The second-order valence-electron chi connectivity index (χ2n) is 10.1. The SMILES string of the molecule is O=C(Nc1ccc(Cl)c([N+](=O)[O-])c1)[C@H]1[C@H]2C(=O)N(C3CCCCC3)C(=O)[C@@H]2[C@H]2c3ccccc3C=CN21. The molecule has 9 nitrogen and oxygen atoms in total. The van der Waals surface area contributed by atoms with Crippen molar-refractivity contribution in [2.24, 2.45) is 11.8 Å². The van der Waals surface area contributed by atoms with Gasteiger partial charge in [-0.1, -0.05) is 55.1 Å². The molecule has 0 aromatic heterocycles. The summed E-state index contributed by atoms with van der Waals surface area (Å²) in [6.45, 7) is 0. The van der Waals surface area contributed by atoms with E-state index in [4.69, 9.17) is 11.6 Å². The summed E-state index contributed by atoms with van der Waals surface area (Å²) in [4.78, 5) is 55.5. The molecule has 3 heterocycles. The zero-order valence-corrected chi connectivity index (χ0v) is 20.6. The second-order valence-corrected chi connectivity index (χ2v) is 10.5. The number of hydrogen-bond acceptors (Lipinski definition) is 6. The van der Waals surface area contributed by atoms with Crippen molar-refractivity contribution >= 4 is 46.8 Å². The molecule has 2 saturated heterocycles. The van der Waals surface area contributed by atoms with E-state index in [9.17, 15) is 24.5 Å². The zero-order chi connectivity index (χ0) is 25.8. The van der Waals surface area contributed by atoms with Crippen molar-refractivity contribution < 1.29 is 19.3 Å². The van der Waals surface area contributed by atoms with Crippen LogP contribution in [0.1, 0.15) is 49.3 Å². The Hall–Kier alpha value is -3.72. The van der Waals surface area contributed by atoms with Gasteiger partial charge < -0.3 is 10.2 Å². The third-order valence-corrected chi connectivity index (χ3v) is 8.43. The van der Waals surface area contributed by atoms with E-state index in [-0.39, 0.29) is 34.3 Å². The van der Waals surface area contributed by atoms with Gasteiger partial charge in [-0.25, -0.2) is 0 Å². The Morgan fingerprint density at radius 3 is 2.51 bits per heavy atom. The predicted octanol–water partition coefficient (Wildman–Crippen LogP) is 4.53. The van der Waals surface area contributed by atoms with Crippen LogP contribution in [0, 0.1) is 22.0 Å². The lowest BCUT2D eigenvalue weighted by atomic mass is 9.84. The molecule has 10 heteroatoms. The Kier molecular flexibility index (Phi) is 5.75. The second kappa shape index (κ2) is 8.99. The fourth-order valence-corrected chi connectivity index (χ4v) is 6.71. The number of nitro benzene ring substituents is 1. The molecule has 37 heavy (non-hydrogen) atoms. The van der Waals surface area contributed by atoms with E-state index in [1.165, 1.54) is 23.1 Å². The molecule has 190 valence electrons. The van der Waals surface area contributed by atoms with Crippen molar-refractivity contribution in [3.8, 4) is 0 Å². The summed E-state index contributed by atoms with van der Waals surface area (Å²) in [5.41, 5.74) is 1.73. The van der Waals surface area contributed by atoms with E-state index >= 15 is 0 Å². The van der Waals surface area contributed by atoms with Crippen molar-refractivity contribution in [2.45, 2.75) is 50.2 Å². The number of rotatable bonds is 4. The Morgan fingerprint density at radius 2 is 1.76 bits per heavy atom. The minimum Gasteiger partial charge on any atom is -0.357 e. The Balaban J connectivity index is 1.39. The number of halogens is 1. The third kappa shape index (κ3) is 3.71. The highest BCUT2D eigenvalue weighted by Gasteiger charge is 2.65. The number of nitrogens with zero attached hydrogens (tertiary/aromatic N) is 3. The molecule has 6 rings (SSSR count). The van der Waals surface area contributed by atoms with Gasteiger partial charge >= 0.3 is 0 Å². The summed E-state index contributed by atoms with van der Waals surface area (Å²) in [6, 6.07) is 10.2. The van der Waals surface area contributed by atoms with Crippen LogP contribution in [0.4, 0.5) is 11.4 Å². The summed E-state index contributed by atoms with van der Waals surface area (Å²) in [5, 5.41) is 14.0. The van der Waals surface area contributed by atoms with Gasteiger partial charge in [-0.3, -0.25) is 29.4 Å². The maximum Gasteiger partial charge on any atom is 0.289 e. The van der Waals surface area contributed by atoms with Crippen molar-refractivity contribution in [3.63, 3.8) is 0 Å². The summed E-state index contributed by atoms with van der Waals surface area (Å²) < 4.78 is 0. The van der Waals surface area contributed by atoms with Crippen LogP contribution >= 0.6 is 11.6 Å². The molecule has 2 aromatic carbocycles. The summed E-state index contributed by atoms with van der Waals surface area (Å²) in [5.74, 6) is -2.54. The molecule has 1 aliphatic carbocycles. The molecular weight excluding hydrogens is 496 g/mol. The fraction of sp³-hybridized carbons (Fsp3) is 0.370. The predicted molar refractivity (Wildman–Crippen MR) is 136 cm³/mol. The molecule has 0 unspecified atom stereocenters. The van der Waals surface area contributed by atoms with Crippen molar-refractivity contribution in [3.05, 3.63) is 74.9 Å². The Labute approximate surface area is 218 Å². The summed E-state index contributed by atoms with van der Waals surface area (Å²) in [7, 11) is 0. The number of amides is 3. The van der Waals surface area contributed by atoms with Gasteiger partial charge in [0.05, 0.1) is 22.8 Å². The molecule has 3 fully saturated rings. The van der Waals surface area contributed by atoms with E-state index in [1.807, 2.05) is 35.2 Å². The van der Waals surface area contributed by atoms with Crippen LogP contribution in [0.3, 0.4) is 0 Å². The lowest BCUT2D eigenvalue weighted by Gasteiger charge is -2.37. The summed E-state index contributed by atoms with van der Waals surface area (Å²) >= 11 is 5.93. The van der Waals surface area contributed by atoms with Crippen LogP contribution in [0.5, 0.6) is 0 Å². The first kappa shape index (κ1) is 23.7. The zero-order valence-electron chi connectivity index (χ0n) is 19.9. The molecular formula is C27H25ClN4O5. The van der Waals surface area contributed by atoms with Crippen LogP contribution in [0.25, 0.3) is 6.08 Å². The van der Waals surface area contributed by atoms with Gasteiger partial charge in [-0.05, 0) is 42.2 Å². The third-order valence-electron chi connectivity index (χ3n) is 8.11. The van der Waals surface area contributed by atoms with E-state index in [0.29, 0.717) is 0 Å². The molecule has 0 bridgehead atoms. The van der Waals surface area contributed by atoms with E-state index in [1.54, 1.807) is 6.20 Å². The van der Waals surface area contributed by atoms with Gasteiger partial charge in [-0.2, -0.15) is 0 Å². The summed E-state index contributed by atoms with van der Waals surface area (Å²) in [6.07, 6.45) is 8.26. The molecule has 2 aromatic rings. The number of likely N-dealkylation sites (tertiary alicyclic amines) is 1. The average molecular weight is 521 g/mol. The van der Waals surface area contributed by atoms with Crippen LogP contribution in [0.2, 0.25) is 5.02 Å². The lowest BCUT2D eigenvalue weighted by molar-refractivity contribution is -0.384. The maximum atomic E-state index is 13.9. The van der Waals surface area contributed by atoms with Gasteiger partial charge in [0.2, 0.25) is 17.7 Å². The van der Waals surface area contributed by atoms with Gasteiger partial charge in [0.1, 0.15) is 11.1 Å². The number of nitrogens with one attached hydrogen (secondary N) is 1. The molecule has 0 spiro atoms. The molecule has 4 atom stereocenters. The van der Waals surface area contributed by atoms with Crippen molar-refractivity contribution in [2.75, 3.05) is 5.32 Å². The van der Waals surface area contributed by atoms with Gasteiger partial charge in [0.25, 0.3) is 5.69 Å². The highest BCUT2D eigenvalue weighted by atomic mass is 35.5. The van der Waals surface area contributed by atoms with Crippen molar-refractivity contribution in [1.29, 1.82) is 0 Å². The Morgan fingerprint density at radius 1 is 1.03 bits per heavy atom. The highest BCUT2D eigenvalue weighted by molar-refractivity contribution is 6.32. The number of nitro groups is 1. The number of carbonyl (C=O) groups excluding carboxylic acids is 3. The topological polar surface area (TPSA) is 113 Å². The molecule has 1 saturated carbocycles. The number of carbonyl (C=O) groups is 3. The maximum absolute atomic E-state index is 13.9. The molecule has 4 aliphatic rings. The minimum atomic E-state index is -0.945. The molecule has 3 amide bonds. The van der Waals surface area contributed by atoms with Crippen LogP contribution in [0.15, 0.2) is 48.7 Å². The standard InChI is InChI=1S/C27H25ClN4O5/c28-19-11-10-16(14-20(19)32(36)37)29-25(33)24-22-21(23-18-9-5-4-6-15(18)12-13-30(23)24)26(34)31(27(22)35)17-7-2-1-3-8-17/h4-6,9-14,17,21-24H,1-3,7-8H2,(H,29,33)/t21-,22-,23+,24+/m0/s1. The fourth-order valence-electron chi connectivity index (χ4n) is 6.53. The quantitative estimate of drug-likeness (QED) is 0.360. The molecule has 1 N–H and O–H groups in total. The lowest BCUT2D eigenvalue weighted by Crippen LogP contribution is -2.49. The number of imide groups is 1. The number of benzene rings is 2.